The van der Waals surface area contributed by atoms with Crippen LogP contribution in [0.25, 0.3) is 0 Å². The molecule has 0 aromatic heterocycles. The second kappa shape index (κ2) is 9.94. The van der Waals surface area contributed by atoms with E-state index < -0.39 is 0 Å². The summed E-state index contributed by atoms with van der Waals surface area (Å²) in [6, 6.07) is 0. The van der Waals surface area contributed by atoms with E-state index in [9.17, 15) is 0 Å². The zero-order chi connectivity index (χ0) is 11.5. The first-order valence-electron chi connectivity index (χ1n) is 5.94. The molecule has 0 atom stereocenters. The van der Waals surface area contributed by atoms with Crippen molar-refractivity contribution in [1.82, 2.24) is 4.90 Å². The number of allylic oxidation sites excluding steroid dienone is 3. The minimum absolute atomic E-state index is 0.660. The van der Waals surface area contributed by atoms with Crippen molar-refractivity contribution in [3.63, 3.8) is 0 Å². The highest BCUT2D eigenvalue weighted by molar-refractivity contribution is 5.02. The molecule has 0 rings (SSSR count). The maximum Gasteiger partial charge on any atom is 0.0455 e. The van der Waals surface area contributed by atoms with Gasteiger partial charge < -0.3 is 5.73 Å². The van der Waals surface area contributed by atoms with Gasteiger partial charge in [-0.25, -0.2) is 0 Å². The Kier molecular flexibility index (Phi) is 9.54. The van der Waals surface area contributed by atoms with Crippen LogP contribution in [0.5, 0.6) is 0 Å². The lowest BCUT2D eigenvalue weighted by Crippen LogP contribution is -2.30. The van der Waals surface area contributed by atoms with Crippen LogP contribution < -0.4 is 5.73 Å². The van der Waals surface area contributed by atoms with E-state index >= 15 is 0 Å². The van der Waals surface area contributed by atoms with Crippen LogP contribution in [-0.4, -0.2) is 24.7 Å². The molecule has 0 spiro atoms. The first kappa shape index (κ1) is 14.4. The van der Waals surface area contributed by atoms with Gasteiger partial charge >= 0.3 is 0 Å². The molecule has 0 aliphatic carbocycles. The average molecular weight is 210 g/mol. The molecule has 0 aliphatic rings. The molecule has 2 nitrogen and oxygen atoms in total. The molecular weight excluding hydrogens is 184 g/mol. The van der Waals surface area contributed by atoms with Crippen molar-refractivity contribution in [3.8, 4) is 0 Å². The summed E-state index contributed by atoms with van der Waals surface area (Å²) in [6.07, 6.45) is 10.9. The Morgan fingerprint density at radius 3 is 2.40 bits per heavy atom. The van der Waals surface area contributed by atoms with Crippen molar-refractivity contribution in [3.05, 3.63) is 24.3 Å². The van der Waals surface area contributed by atoms with Gasteiger partial charge in [0.1, 0.15) is 0 Å². The summed E-state index contributed by atoms with van der Waals surface area (Å²) in [6.45, 7) is 9.35. The Hall–Kier alpha value is -0.600. The molecule has 0 aromatic rings. The first-order chi connectivity index (χ1) is 7.20. The van der Waals surface area contributed by atoms with E-state index in [2.05, 4.69) is 50.0 Å². The van der Waals surface area contributed by atoms with Crippen LogP contribution in [0.4, 0.5) is 0 Å². The Bertz CT molecular complexity index is 179. The summed E-state index contributed by atoms with van der Waals surface area (Å²) in [4.78, 5) is 2.22. The largest absolute Gasteiger partial charge is 0.318 e. The SMILES string of the molecule is CCN(CN)CC/C=C\C=C/CC(C)C. The van der Waals surface area contributed by atoms with E-state index in [1.54, 1.807) is 0 Å². The molecule has 0 bridgehead atoms. The number of hydrogen-bond acceptors (Lipinski definition) is 2. The van der Waals surface area contributed by atoms with Crippen molar-refractivity contribution in [2.24, 2.45) is 11.7 Å². The monoisotopic (exact) mass is 210 g/mol. The molecule has 88 valence electrons. The second-order valence-electron chi connectivity index (χ2n) is 4.17. The maximum absolute atomic E-state index is 5.57. The normalized spacial score (nSPS) is 12.7. The lowest BCUT2D eigenvalue weighted by Gasteiger charge is -2.15. The van der Waals surface area contributed by atoms with Crippen LogP contribution in [0, 0.1) is 5.92 Å². The smallest absolute Gasteiger partial charge is 0.0455 e. The van der Waals surface area contributed by atoms with Crippen LogP contribution in [0.3, 0.4) is 0 Å². The van der Waals surface area contributed by atoms with Gasteiger partial charge in [-0.1, -0.05) is 45.1 Å². The van der Waals surface area contributed by atoms with Gasteiger partial charge in [-0.15, -0.1) is 0 Å². The quantitative estimate of drug-likeness (QED) is 0.493. The third-order valence-electron chi connectivity index (χ3n) is 2.31. The second-order valence-corrected chi connectivity index (χ2v) is 4.17. The fourth-order valence-corrected chi connectivity index (χ4v) is 1.24. The average Bonchev–Trinajstić information content (AvgIpc) is 2.22. The zero-order valence-corrected chi connectivity index (χ0v) is 10.4. The maximum atomic E-state index is 5.57. The van der Waals surface area contributed by atoms with Gasteiger partial charge in [0, 0.05) is 13.2 Å². The lowest BCUT2D eigenvalue weighted by atomic mass is 10.1. The number of nitrogens with zero attached hydrogens (tertiary/aromatic N) is 1. The Balaban J connectivity index is 3.49. The highest BCUT2D eigenvalue weighted by Gasteiger charge is 1.94. The number of nitrogens with two attached hydrogens (primary N) is 1. The van der Waals surface area contributed by atoms with Crippen LogP contribution in [-0.2, 0) is 0 Å². The van der Waals surface area contributed by atoms with E-state index in [4.69, 9.17) is 5.73 Å². The van der Waals surface area contributed by atoms with Crippen LogP contribution >= 0.6 is 0 Å². The van der Waals surface area contributed by atoms with Crippen molar-refractivity contribution in [2.45, 2.75) is 33.6 Å². The molecule has 2 heteroatoms. The summed E-state index contributed by atoms with van der Waals surface area (Å²) in [7, 11) is 0. The summed E-state index contributed by atoms with van der Waals surface area (Å²) < 4.78 is 0. The van der Waals surface area contributed by atoms with Crippen molar-refractivity contribution in [1.29, 1.82) is 0 Å². The molecule has 15 heavy (non-hydrogen) atoms. The van der Waals surface area contributed by atoms with E-state index in [-0.39, 0.29) is 0 Å². The molecule has 0 aliphatic heterocycles. The van der Waals surface area contributed by atoms with E-state index in [1.807, 2.05) is 0 Å². The molecule has 2 N–H and O–H groups in total. The molecule has 0 saturated heterocycles. The van der Waals surface area contributed by atoms with E-state index in [0.717, 1.165) is 31.8 Å². The molecular formula is C13H26N2. The predicted molar refractivity (Wildman–Crippen MR) is 68.7 cm³/mol. The van der Waals surface area contributed by atoms with Crippen LogP contribution in [0.2, 0.25) is 0 Å². The summed E-state index contributed by atoms with van der Waals surface area (Å²) in [5, 5.41) is 0. The lowest BCUT2D eigenvalue weighted by molar-refractivity contribution is 0.303. The van der Waals surface area contributed by atoms with Crippen molar-refractivity contribution < 1.29 is 0 Å². The minimum atomic E-state index is 0.660. The Morgan fingerprint density at radius 2 is 1.87 bits per heavy atom. The molecule has 0 fully saturated rings. The standard InChI is InChI=1S/C13H26N2/c1-4-15(12-14)11-9-7-5-6-8-10-13(2)3/h5-8,13H,4,9-12,14H2,1-3H3/b7-5-,8-6-. The summed E-state index contributed by atoms with van der Waals surface area (Å²) in [5.74, 6) is 0.752. The Labute approximate surface area is 94.8 Å². The van der Waals surface area contributed by atoms with E-state index in [1.165, 1.54) is 0 Å². The highest BCUT2D eigenvalue weighted by atomic mass is 15.2. The van der Waals surface area contributed by atoms with Crippen molar-refractivity contribution in [2.75, 3.05) is 19.8 Å². The molecule has 0 saturated carbocycles. The highest BCUT2D eigenvalue weighted by Crippen LogP contribution is 1.99. The Morgan fingerprint density at radius 1 is 1.20 bits per heavy atom. The fourth-order valence-electron chi connectivity index (χ4n) is 1.24. The van der Waals surface area contributed by atoms with Gasteiger partial charge in [0.2, 0.25) is 0 Å². The predicted octanol–water partition coefficient (Wildman–Crippen LogP) is 2.77. The van der Waals surface area contributed by atoms with Crippen molar-refractivity contribution >= 4 is 0 Å². The van der Waals surface area contributed by atoms with Gasteiger partial charge in [0.05, 0.1) is 0 Å². The summed E-state index contributed by atoms with van der Waals surface area (Å²) in [5.41, 5.74) is 5.57. The molecule has 0 heterocycles. The van der Waals surface area contributed by atoms with Gasteiger partial charge in [0.15, 0.2) is 0 Å². The third kappa shape index (κ3) is 9.70. The molecule has 0 unspecified atom stereocenters. The van der Waals surface area contributed by atoms with Gasteiger partial charge in [0.25, 0.3) is 0 Å². The third-order valence-corrected chi connectivity index (χ3v) is 2.31. The number of hydrogen-bond donors (Lipinski definition) is 1. The molecule has 0 radical (unpaired) electrons. The summed E-state index contributed by atoms with van der Waals surface area (Å²) >= 11 is 0. The van der Waals surface area contributed by atoms with Crippen LogP contribution in [0.15, 0.2) is 24.3 Å². The molecule has 0 amide bonds. The first-order valence-corrected chi connectivity index (χ1v) is 5.94. The topological polar surface area (TPSA) is 29.3 Å². The van der Waals surface area contributed by atoms with Gasteiger partial charge in [-0.3, -0.25) is 4.90 Å². The fraction of sp³-hybridized carbons (Fsp3) is 0.692. The van der Waals surface area contributed by atoms with E-state index in [0.29, 0.717) is 6.67 Å². The van der Waals surface area contributed by atoms with Crippen LogP contribution in [0.1, 0.15) is 33.6 Å². The number of rotatable bonds is 8. The molecule has 0 aromatic carbocycles. The zero-order valence-electron chi connectivity index (χ0n) is 10.4. The van der Waals surface area contributed by atoms with Gasteiger partial charge in [-0.05, 0) is 25.3 Å². The van der Waals surface area contributed by atoms with Gasteiger partial charge in [-0.2, -0.15) is 0 Å². The minimum Gasteiger partial charge on any atom is -0.318 e.